The first-order valence-corrected chi connectivity index (χ1v) is 10.9. The van der Waals surface area contributed by atoms with E-state index in [1.807, 2.05) is 25.1 Å². The van der Waals surface area contributed by atoms with E-state index in [2.05, 4.69) is 10.6 Å². The molecule has 1 heterocycles. The highest BCUT2D eigenvalue weighted by atomic mass is 35.5. The van der Waals surface area contributed by atoms with Gasteiger partial charge in [0.05, 0.1) is 10.4 Å². The van der Waals surface area contributed by atoms with Gasteiger partial charge in [0.25, 0.3) is 10.0 Å². The first-order chi connectivity index (χ1) is 13.4. The molecule has 0 aliphatic heterocycles. The first-order valence-electron chi connectivity index (χ1n) is 8.92. The van der Waals surface area contributed by atoms with Crippen molar-refractivity contribution in [2.45, 2.75) is 18.2 Å². The second-order valence-electron chi connectivity index (χ2n) is 6.44. The Bertz CT molecular complexity index is 1080. The maximum atomic E-state index is 13.0. The van der Waals surface area contributed by atoms with Crippen LogP contribution in [0.4, 0.5) is 4.79 Å². The maximum Gasteiger partial charge on any atom is 0.314 e. The SMILES string of the molecule is Cc1ccc(S(=O)(=O)n2ccc3ccc(CCNC(=O)NCCCl)cc32)cc1. The third-order valence-corrected chi connectivity index (χ3v) is 6.27. The number of benzene rings is 2. The Morgan fingerprint density at radius 3 is 2.46 bits per heavy atom. The quantitative estimate of drug-likeness (QED) is 0.577. The number of alkyl halides is 1. The van der Waals surface area contributed by atoms with Crippen LogP contribution in [0.3, 0.4) is 0 Å². The lowest BCUT2D eigenvalue weighted by atomic mass is 10.1. The van der Waals surface area contributed by atoms with E-state index in [0.29, 0.717) is 30.9 Å². The minimum Gasteiger partial charge on any atom is -0.338 e. The summed E-state index contributed by atoms with van der Waals surface area (Å²) in [7, 11) is -3.68. The summed E-state index contributed by atoms with van der Waals surface area (Å²) in [5, 5.41) is 6.22. The number of aromatic nitrogens is 1. The van der Waals surface area contributed by atoms with Crippen molar-refractivity contribution in [2.24, 2.45) is 0 Å². The second-order valence-corrected chi connectivity index (χ2v) is 8.64. The third kappa shape index (κ3) is 4.48. The average Bonchev–Trinajstić information content (AvgIpc) is 3.11. The van der Waals surface area contributed by atoms with Crippen LogP contribution in [0, 0.1) is 6.92 Å². The molecule has 1 aromatic heterocycles. The van der Waals surface area contributed by atoms with E-state index in [0.717, 1.165) is 16.5 Å². The summed E-state index contributed by atoms with van der Waals surface area (Å²) in [6.07, 6.45) is 2.15. The number of carbonyl (C=O) groups is 1. The molecule has 0 aliphatic carbocycles. The lowest BCUT2D eigenvalue weighted by molar-refractivity contribution is 0.241. The number of hydrogen-bond donors (Lipinski definition) is 2. The van der Waals surface area contributed by atoms with Crippen molar-refractivity contribution in [2.75, 3.05) is 19.0 Å². The van der Waals surface area contributed by atoms with E-state index >= 15 is 0 Å². The van der Waals surface area contributed by atoms with Crippen molar-refractivity contribution >= 4 is 38.6 Å². The maximum absolute atomic E-state index is 13.0. The fourth-order valence-electron chi connectivity index (χ4n) is 2.88. The molecule has 0 unspecified atom stereocenters. The first kappa shape index (κ1) is 20.2. The normalized spacial score (nSPS) is 11.5. The third-order valence-electron chi connectivity index (χ3n) is 4.38. The van der Waals surface area contributed by atoms with Crippen LogP contribution in [0.1, 0.15) is 11.1 Å². The van der Waals surface area contributed by atoms with Gasteiger partial charge in [-0.1, -0.05) is 29.8 Å². The molecule has 3 aromatic rings. The monoisotopic (exact) mass is 419 g/mol. The number of carbonyl (C=O) groups excluding carboxylic acids is 1. The summed E-state index contributed by atoms with van der Waals surface area (Å²) >= 11 is 5.53. The summed E-state index contributed by atoms with van der Waals surface area (Å²) in [5.74, 6) is 0.358. The molecule has 0 saturated carbocycles. The zero-order chi connectivity index (χ0) is 20.1. The number of nitrogens with one attached hydrogen (secondary N) is 2. The van der Waals surface area contributed by atoms with E-state index in [9.17, 15) is 13.2 Å². The van der Waals surface area contributed by atoms with Gasteiger partial charge in [0.2, 0.25) is 0 Å². The molecule has 0 atom stereocenters. The average molecular weight is 420 g/mol. The van der Waals surface area contributed by atoms with Crippen LogP contribution in [0.5, 0.6) is 0 Å². The summed E-state index contributed by atoms with van der Waals surface area (Å²) in [6, 6.07) is 14.0. The molecular formula is C20H22ClN3O3S. The van der Waals surface area contributed by atoms with E-state index in [-0.39, 0.29) is 10.9 Å². The Balaban J connectivity index is 1.81. The van der Waals surface area contributed by atoms with E-state index in [1.54, 1.807) is 36.5 Å². The highest BCUT2D eigenvalue weighted by molar-refractivity contribution is 7.90. The number of rotatable bonds is 7. The molecule has 0 spiro atoms. The van der Waals surface area contributed by atoms with Crippen LogP contribution >= 0.6 is 11.6 Å². The van der Waals surface area contributed by atoms with Gasteiger partial charge in [0.15, 0.2) is 0 Å². The van der Waals surface area contributed by atoms with Crippen molar-refractivity contribution in [3.8, 4) is 0 Å². The molecule has 0 fully saturated rings. The Morgan fingerprint density at radius 1 is 1.04 bits per heavy atom. The van der Waals surface area contributed by atoms with Gasteiger partial charge in [0, 0.05) is 30.6 Å². The molecule has 3 rings (SSSR count). The minimum absolute atomic E-state index is 0.249. The second kappa shape index (κ2) is 8.67. The molecule has 0 bridgehead atoms. The van der Waals surface area contributed by atoms with Gasteiger partial charge >= 0.3 is 6.03 Å². The number of halogens is 1. The van der Waals surface area contributed by atoms with Gasteiger partial charge in [-0.05, 0) is 43.2 Å². The molecule has 2 amide bonds. The molecule has 8 heteroatoms. The predicted molar refractivity (Wildman–Crippen MR) is 112 cm³/mol. The summed E-state index contributed by atoms with van der Waals surface area (Å²) in [5.41, 5.74) is 2.55. The van der Waals surface area contributed by atoms with Crippen LogP contribution < -0.4 is 10.6 Å². The minimum atomic E-state index is -3.68. The van der Waals surface area contributed by atoms with Crippen molar-refractivity contribution in [1.29, 1.82) is 0 Å². The van der Waals surface area contributed by atoms with Crippen molar-refractivity contribution in [3.63, 3.8) is 0 Å². The molecule has 148 valence electrons. The van der Waals surface area contributed by atoms with Crippen LogP contribution in [-0.2, 0) is 16.4 Å². The largest absolute Gasteiger partial charge is 0.338 e. The van der Waals surface area contributed by atoms with Gasteiger partial charge in [-0.3, -0.25) is 0 Å². The zero-order valence-electron chi connectivity index (χ0n) is 15.5. The van der Waals surface area contributed by atoms with Crippen LogP contribution in [0.25, 0.3) is 10.9 Å². The number of amides is 2. The fraction of sp³-hybridized carbons (Fsp3) is 0.250. The smallest absolute Gasteiger partial charge is 0.314 e. The highest BCUT2D eigenvalue weighted by Gasteiger charge is 2.18. The molecule has 0 saturated heterocycles. The van der Waals surface area contributed by atoms with Crippen molar-refractivity contribution < 1.29 is 13.2 Å². The molecule has 6 nitrogen and oxygen atoms in total. The topological polar surface area (TPSA) is 80.2 Å². The predicted octanol–water partition coefficient (Wildman–Crippen LogP) is 3.27. The lowest BCUT2D eigenvalue weighted by Gasteiger charge is -2.10. The Labute approximate surface area is 169 Å². The standard InChI is InChI=1S/C20H22ClN3O3S/c1-15-2-6-18(7-3-15)28(26,27)24-13-9-17-5-4-16(14-19(17)24)8-11-22-20(25)23-12-10-21/h2-7,9,13-14H,8,10-12H2,1H3,(H2,22,23,25). The molecule has 2 aromatic carbocycles. The number of nitrogens with zero attached hydrogens (tertiary/aromatic N) is 1. The lowest BCUT2D eigenvalue weighted by Crippen LogP contribution is -2.37. The van der Waals surface area contributed by atoms with Gasteiger partial charge in [-0.15, -0.1) is 11.6 Å². The Morgan fingerprint density at radius 2 is 1.75 bits per heavy atom. The Hall–Kier alpha value is -2.51. The molecule has 0 radical (unpaired) electrons. The number of hydrogen-bond acceptors (Lipinski definition) is 3. The number of urea groups is 1. The Kier molecular flexibility index (Phi) is 6.26. The number of aryl methyl sites for hydroxylation is 1. The fourth-order valence-corrected chi connectivity index (χ4v) is 4.32. The summed E-state index contributed by atoms with van der Waals surface area (Å²) < 4.78 is 27.3. The molecule has 28 heavy (non-hydrogen) atoms. The summed E-state index contributed by atoms with van der Waals surface area (Å²) in [6.45, 7) is 2.76. The van der Waals surface area contributed by atoms with Crippen LogP contribution in [-0.4, -0.2) is 37.4 Å². The molecule has 2 N–H and O–H groups in total. The van der Waals surface area contributed by atoms with E-state index in [1.165, 1.54) is 3.97 Å². The highest BCUT2D eigenvalue weighted by Crippen LogP contribution is 2.23. The van der Waals surface area contributed by atoms with Crippen molar-refractivity contribution in [3.05, 3.63) is 65.9 Å². The number of fused-ring (bicyclic) bond motifs is 1. The summed E-state index contributed by atoms with van der Waals surface area (Å²) in [4.78, 5) is 11.8. The van der Waals surface area contributed by atoms with Gasteiger partial charge in [-0.25, -0.2) is 17.2 Å². The van der Waals surface area contributed by atoms with Crippen LogP contribution in [0.2, 0.25) is 0 Å². The van der Waals surface area contributed by atoms with Gasteiger partial charge in [0.1, 0.15) is 0 Å². The zero-order valence-corrected chi connectivity index (χ0v) is 17.1. The van der Waals surface area contributed by atoms with Gasteiger partial charge in [-0.2, -0.15) is 0 Å². The van der Waals surface area contributed by atoms with Crippen LogP contribution in [0.15, 0.2) is 59.6 Å². The molecule has 0 aliphatic rings. The van der Waals surface area contributed by atoms with E-state index in [4.69, 9.17) is 11.6 Å². The van der Waals surface area contributed by atoms with E-state index < -0.39 is 10.0 Å². The van der Waals surface area contributed by atoms with Gasteiger partial charge < -0.3 is 10.6 Å². The molecular weight excluding hydrogens is 398 g/mol. The van der Waals surface area contributed by atoms with Crippen molar-refractivity contribution in [1.82, 2.24) is 14.6 Å².